The third kappa shape index (κ3) is 15.3. The van der Waals surface area contributed by atoms with Crippen LogP contribution in [0.3, 0.4) is 0 Å². The lowest BCUT2D eigenvalue weighted by Crippen LogP contribution is -2.03. The molecule has 3 saturated heterocycles. The van der Waals surface area contributed by atoms with Crippen LogP contribution < -0.4 is 14.2 Å². The number of hydrogen-bond donors (Lipinski definition) is 0. The summed E-state index contributed by atoms with van der Waals surface area (Å²) >= 11 is 0. The highest BCUT2D eigenvalue weighted by molar-refractivity contribution is 5.22. The van der Waals surface area contributed by atoms with Crippen molar-refractivity contribution in [2.45, 2.75) is 51.4 Å². The number of ether oxygens (including phenoxy) is 6. The Balaban J connectivity index is 0.000000145. The second-order valence-corrected chi connectivity index (χ2v) is 9.09. The highest BCUT2D eigenvalue weighted by atomic mass is 16.6. The van der Waals surface area contributed by atoms with E-state index >= 15 is 0 Å². The van der Waals surface area contributed by atoms with Gasteiger partial charge in [0.1, 0.15) is 55.4 Å². The highest BCUT2D eigenvalue weighted by Crippen LogP contribution is 2.15. The molecule has 0 bridgehead atoms. The molecule has 0 aromatic heterocycles. The van der Waals surface area contributed by atoms with E-state index in [4.69, 9.17) is 28.4 Å². The topological polar surface area (TPSA) is 65.3 Å². The van der Waals surface area contributed by atoms with E-state index in [1.54, 1.807) is 0 Å². The fourth-order valence-electron chi connectivity index (χ4n) is 2.96. The van der Waals surface area contributed by atoms with Crippen LogP contribution in [0.2, 0.25) is 0 Å². The molecule has 3 heterocycles. The molecule has 6 nitrogen and oxygen atoms in total. The fourth-order valence-corrected chi connectivity index (χ4v) is 2.96. The molecule has 3 aliphatic rings. The average molecular weight is 523 g/mol. The van der Waals surface area contributed by atoms with Gasteiger partial charge in [0.15, 0.2) is 0 Å². The van der Waals surface area contributed by atoms with Crippen LogP contribution in [0.1, 0.15) is 33.1 Å². The average Bonchev–Trinajstić information content (AvgIpc) is 3.83. The molecular formula is C32H42O6. The summed E-state index contributed by atoms with van der Waals surface area (Å²) in [4.78, 5) is 0. The van der Waals surface area contributed by atoms with Gasteiger partial charge in [0.2, 0.25) is 0 Å². The normalized spacial score (nSPS) is 19.6. The molecule has 206 valence electrons. The SMILES string of the molecule is CCCCC.c1ccc(OCC2CO2)cc1.c1ccc(OCC2CO2)cc1.c1ccc(OCC2CO2)cc1. The summed E-state index contributed by atoms with van der Waals surface area (Å²) in [7, 11) is 0. The lowest BCUT2D eigenvalue weighted by atomic mass is 10.3. The number of benzene rings is 3. The number of unbranched alkanes of at least 4 members (excludes halogenated alkanes) is 2. The van der Waals surface area contributed by atoms with Crippen LogP contribution in [0.5, 0.6) is 17.2 Å². The number of rotatable bonds is 11. The first-order valence-electron chi connectivity index (χ1n) is 13.6. The summed E-state index contributed by atoms with van der Waals surface area (Å²) in [6.07, 6.45) is 5.10. The van der Waals surface area contributed by atoms with Crippen LogP contribution in [-0.4, -0.2) is 58.0 Å². The van der Waals surface area contributed by atoms with Crippen LogP contribution in [-0.2, 0) is 14.2 Å². The third-order valence-electron chi connectivity index (χ3n) is 5.45. The van der Waals surface area contributed by atoms with Crippen molar-refractivity contribution in [3.8, 4) is 17.2 Å². The number of para-hydroxylation sites is 3. The largest absolute Gasteiger partial charge is 0.491 e. The Kier molecular flexibility index (Phi) is 14.2. The quantitative estimate of drug-likeness (QED) is 0.265. The van der Waals surface area contributed by atoms with Crippen LogP contribution >= 0.6 is 0 Å². The number of epoxide rings is 3. The van der Waals surface area contributed by atoms with Crippen molar-refractivity contribution in [3.05, 3.63) is 91.0 Å². The predicted molar refractivity (Wildman–Crippen MR) is 150 cm³/mol. The van der Waals surface area contributed by atoms with Gasteiger partial charge in [-0.05, 0) is 36.4 Å². The van der Waals surface area contributed by atoms with Gasteiger partial charge >= 0.3 is 0 Å². The standard InChI is InChI=1S/3C9H10O2.C5H12/c3*1-2-4-8(5-3-1)10-6-9-7-11-9;1-3-5-4-2/h3*1-5,9H,6-7H2;3-5H2,1-2H3. The first kappa shape index (κ1) is 29.5. The Labute approximate surface area is 227 Å². The highest BCUT2D eigenvalue weighted by Gasteiger charge is 2.24. The van der Waals surface area contributed by atoms with Gasteiger partial charge in [-0.15, -0.1) is 0 Å². The summed E-state index contributed by atoms with van der Waals surface area (Å²) in [5.74, 6) is 2.76. The molecule has 3 atom stereocenters. The molecule has 6 rings (SSSR count). The first-order valence-corrected chi connectivity index (χ1v) is 13.6. The minimum atomic E-state index is 0.343. The summed E-state index contributed by atoms with van der Waals surface area (Å²) in [5, 5.41) is 0. The molecule has 6 heteroatoms. The maximum absolute atomic E-state index is 5.40. The molecule has 38 heavy (non-hydrogen) atoms. The minimum absolute atomic E-state index is 0.343. The minimum Gasteiger partial charge on any atom is -0.491 e. The second-order valence-electron chi connectivity index (χ2n) is 9.09. The van der Waals surface area contributed by atoms with Crippen LogP contribution in [0.4, 0.5) is 0 Å². The third-order valence-corrected chi connectivity index (χ3v) is 5.45. The predicted octanol–water partition coefficient (Wildman–Crippen LogP) is 6.59. The van der Waals surface area contributed by atoms with Gasteiger partial charge in [0, 0.05) is 0 Å². The molecule has 3 aromatic rings. The van der Waals surface area contributed by atoms with Crippen molar-refractivity contribution < 1.29 is 28.4 Å². The molecule has 3 aliphatic heterocycles. The molecule has 3 aromatic carbocycles. The van der Waals surface area contributed by atoms with Crippen molar-refractivity contribution in [2.24, 2.45) is 0 Å². The molecular weight excluding hydrogens is 480 g/mol. The Morgan fingerprint density at radius 1 is 0.500 bits per heavy atom. The van der Waals surface area contributed by atoms with E-state index in [0.717, 1.165) is 37.1 Å². The van der Waals surface area contributed by atoms with Crippen LogP contribution in [0, 0.1) is 0 Å². The fraction of sp³-hybridized carbons (Fsp3) is 0.438. The van der Waals surface area contributed by atoms with Crippen molar-refractivity contribution >= 4 is 0 Å². The molecule has 3 unspecified atom stereocenters. The van der Waals surface area contributed by atoms with Crippen LogP contribution in [0.25, 0.3) is 0 Å². The molecule has 0 saturated carbocycles. The zero-order valence-electron chi connectivity index (χ0n) is 22.7. The molecule has 0 aliphatic carbocycles. The molecule has 0 spiro atoms. The Bertz CT molecular complexity index is 817. The van der Waals surface area contributed by atoms with Gasteiger partial charge in [0.05, 0.1) is 19.8 Å². The van der Waals surface area contributed by atoms with Crippen molar-refractivity contribution in [3.63, 3.8) is 0 Å². The van der Waals surface area contributed by atoms with Crippen LogP contribution in [0.15, 0.2) is 91.0 Å². The molecule has 0 amide bonds. The van der Waals surface area contributed by atoms with Gasteiger partial charge in [-0.25, -0.2) is 0 Å². The van der Waals surface area contributed by atoms with Gasteiger partial charge < -0.3 is 28.4 Å². The lowest BCUT2D eigenvalue weighted by molar-refractivity contribution is 0.263. The Morgan fingerprint density at radius 3 is 0.947 bits per heavy atom. The Morgan fingerprint density at radius 2 is 0.763 bits per heavy atom. The van der Waals surface area contributed by atoms with E-state index in [2.05, 4.69) is 13.8 Å². The van der Waals surface area contributed by atoms with E-state index in [9.17, 15) is 0 Å². The van der Waals surface area contributed by atoms with Crippen molar-refractivity contribution in [2.75, 3.05) is 39.6 Å². The van der Waals surface area contributed by atoms with Gasteiger partial charge in [0.25, 0.3) is 0 Å². The summed E-state index contributed by atoms with van der Waals surface area (Å²) in [6, 6.07) is 29.4. The zero-order chi connectivity index (χ0) is 26.7. The maximum Gasteiger partial charge on any atom is 0.119 e. The maximum atomic E-state index is 5.40. The number of hydrogen-bond acceptors (Lipinski definition) is 6. The van der Waals surface area contributed by atoms with Gasteiger partial charge in [-0.3, -0.25) is 0 Å². The second kappa shape index (κ2) is 18.2. The van der Waals surface area contributed by atoms with Crippen molar-refractivity contribution in [1.82, 2.24) is 0 Å². The molecule has 0 N–H and O–H groups in total. The van der Waals surface area contributed by atoms with Gasteiger partial charge in [-0.1, -0.05) is 87.7 Å². The van der Waals surface area contributed by atoms with E-state index in [-0.39, 0.29) is 0 Å². The summed E-state index contributed by atoms with van der Waals surface area (Å²) in [6.45, 7) is 9.04. The molecule has 0 radical (unpaired) electrons. The van der Waals surface area contributed by atoms with Gasteiger partial charge in [-0.2, -0.15) is 0 Å². The Hall–Kier alpha value is -3.06. The summed E-state index contributed by atoms with van der Waals surface area (Å²) in [5.41, 5.74) is 0. The van der Waals surface area contributed by atoms with Crippen molar-refractivity contribution in [1.29, 1.82) is 0 Å². The van der Waals surface area contributed by atoms with E-state index in [0.29, 0.717) is 38.1 Å². The smallest absolute Gasteiger partial charge is 0.119 e. The zero-order valence-corrected chi connectivity index (χ0v) is 22.7. The monoisotopic (exact) mass is 522 g/mol. The summed E-state index contributed by atoms with van der Waals surface area (Å²) < 4.78 is 31.2. The van der Waals surface area contributed by atoms with E-state index in [1.165, 1.54) is 19.3 Å². The van der Waals surface area contributed by atoms with E-state index < -0.39 is 0 Å². The van der Waals surface area contributed by atoms with E-state index in [1.807, 2.05) is 91.0 Å². The first-order chi connectivity index (χ1) is 18.8. The molecule has 3 fully saturated rings. The lowest BCUT2D eigenvalue weighted by Gasteiger charge is -2.01.